The Morgan fingerprint density at radius 2 is 1.57 bits per heavy atom. The van der Waals surface area contributed by atoms with E-state index in [2.05, 4.69) is 76.3 Å². The molecule has 0 saturated carbocycles. The van der Waals surface area contributed by atoms with E-state index in [4.69, 9.17) is 9.47 Å². The average Bonchev–Trinajstić information content (AvgIpc) is 2.80. The highest BCUT2D eigenvalue weighted by Gasteiger charge is 2.32. The fraction of sp³-hybridized carbons (Fsp3) is 0.458. The van der Waals surface area contributed by atoms with Crippen molar-refractivity contribution < 1.29 is 9.47 Å². The Balaban J connectivity index is 0.00000320. The molecular weight excluding hydrogens is 489 g/mol. The van der Waals surface area contributed by atoms with E-state index in [9.17, 15) is 0 Å². The molecule has 6 heteroatoms. The smallest absolute Gasteiger partial charge is 0.191 e. The number of rotatable bonds is 8. The Kier molecular flexibility index (Phi) is 10.6. The van der Waals surface area contributed by atoms with E-state index in [1.54, 1.807) is 7.11 Å². The van der Waals surface area contributed by atoms with Crippen molar-refractivity contribution in [3.05, 3.63) is 71.8 Å². The lowest BCUT2D eigenvalue weighted by molar-refractivity contribution is -0.0855. The van der Waals surface area contributed by atoms with E-state index in [1.165, 1.54) is 11.1 Å². The topological polar surface area (TPSA) is 54.9 Å². The summed E-state index contributed by atoms with van der Waals surface area (Å²) < 4.78 is 11.3. The van der Waals surface area contributed by atoms with Gasteiger partial charge in [0.1, 0.15) is 0 Å². The first-order valence-electron chi connectivity index (χ1n) is 10.4. The molecule has 0 bridgehead atoms. The summed E-state index contributed by atoms with van der Waals surface area (Å²) in [7, 11) is 3.60. The minimum Gasteiger partial charge on any atom is -0.381 e. The van der Waals surface area contributed by atoms with E-state index in [0.717, 1.165) is 51.5 Å². The molecule has 0 aliphatic carbocycles. The Hall–Kier alpha value is -1.64. The van der Waals surface area contributed by atoms with E-state index in [0.29, 0.717) is 5.92 Å². The number of halogens is 1. The number of guanidine groups is 1. The largest absolute Gasteiger partial charge is 0.381 e. The lowest BCUT2D eigenvalue weighted by Gasteiger charge is -2.36. The van der Waals surface area contributed by atoms with Gasteiger partial charge < -0.3 is 20.1 Å². The minimum absolute atomic E-state index is 0. The molecule has 3 rings (SSSR count). The zero-order valence-corrected chi connectivity index (χ0v) is 20.3. The predicted molar refractivity (Wildman–Crippen MR) is 134 cm³/mol. The fourth-order valence-electron chi connectivity index (χ4n) is 3.89. The van der Waals surface area contributed by atoms with Gasteiger partial charge in [-0.2, -0.15) is 0 Å². The van der Waals surface area contributed by atoms with Gasteiger partial charge in [0.15, 0.2) is 5.96 Å². The Labute approximate surface area is 197 Å². The van der Waals surface area contributed by atoms with E-state index in [1.807, 2.05) is 7.05 Å². The van der Waals surface area contributed by atoms with Crippen LogP contribution in [0.15, 0.2) is 65.7 Å². The van der Waals surface area contributed by atoms with Crippen LogP contribution in [0.2, 0.25) is 0 Å². The second kappa shape index (κ2) is 12.9. The summed E-state index contributed by atoms with van der Waals surface area (Å²) in [6.07, 6.45) is 2.78. The van der Waals surface area contributed by atoms with Crippen LogP contribution < -0.4 is 10.6 Å². The fourth-order valence-corrected chi connectivity index (χ4v) is 3.89. The molecule has 5 nitrogen and oxygen atoms in total. The maximum Gasteiger partial charge on any atom is 0.191 e. The highest BCUT2D eigenvalue weighted by atomic mass is 127. The first-order chi connectivity index (χ1) is 14.3. The van der Waals surface area contributed by atoms with Crippen molar-refractivity contribution in [2.75, 3.05) is 40.5 Å². The summed E-state index contributed by atoms with van der Waals surface area (Å²) in [4.78, 5) is 4.39. The minimum atomic E-state index is -0.174. The van der Waals surface area contributed by atoms with Crippen LogP contribution in [0, 0.1) is 0 Å². The third-order valence-corrected chi connectivity index (χ3v) is 5.77. The van der Waals surface area contributed by atoms with Crippen molar-refractivity contribution in [1.82, 2.24) is 10.6 Å². The molecule has 30 heavy (non-hydrogen) atoms. The molecule has 0 radical (unpaired) electrons. The average molecular weight is 523 g/mol. The van der Waals surface area contributed by atoms with Crippen molar-refractivity contribution in [2.24, 2.45) is 4.99 Å². The third kappa shape index (κ3) is 6.96. The molecule has 2 aromatic carbocycles. The number of nitrogens with zero attached hydrogens (tertiary/aromatic N) is 1. The third-order valence-electron chi connectivity index (χ3n) is 5.77. The molecule has 1 heterocycles. The summed E-state index contributed by atoms with van der Waals surface area (Å²) >= 11 is 0. The molecule has 1 aliphatic heterocycles. The number of aliphatic imine (C=N–C) groups is 1. The van der Waals surface area contributed by atoms with Gasteiger partial charge in [-0.15, -0.1) is 24.0 Å². The van der Waals surface area contributed by atoms with Crippen LogP contribution in [0.1, 0.15) is 36.3 Å². The first kappa shape index (κ1) is 24.6. The predicted octanol–water partition coefficient (Wildman–Crippen LogP) is 4.19. The summed E-state index contributed by atoms with van der Waals surface area (Å²) in [6, 6.07) is 21.4. The molecule has 164 valence electrons. The SMILES string of the molecule is CN=C(NCCC(c1ccccc1)c1ccccc1)NCC1(OC)CCOCC1.I. The molecule has 0 amide bonds. The quantitative estimate of drug-likeness (QED) is 0.310. The Morgan fingerprint density at radius 3 is 2.07 bits per heavy atom. The number of hydrogen-bond acceptors (Lipinski definition) is 3. The molecule has 2 N–H and O–H groups in total. The molecule has 1 saturated heterocycles. The molecule has 2 aromatic rings. The lowest BCUT2D eigenvalue weighted by Crippen LogP contribution is -2.50. The van der Waals surface area contributed by atoms with Crippen molar-refractivity contribution in [1.29, 1.82) is 0 Å². The van der Waals surface area contributed by atoms with Crippen LogP contribution in [0.3, 0.4) is 0 Å². The maximum absolute atomic E-state index is 5.81. The van der Waals surface area contributed by atoms with Crippen LogP contribution in [0.4, 0.5) is 0 Å². The lowest BCUT2D eigenvalue weighted by atomic mass is 9.88. The van der Waals surface area contributed by atoms with Gasteiger partial charge >= 0.3 is 0 Å². The van der Waals surface area contributed by atoms with Crippen molar-refractivity contribution in [2.45, 2.75) is 30.8 Å². The number of nitrogens with one attached hydrogen (secondary N) is 2. The molecular formula is C24H34IN3O2. The number of ether oxygens (including phenoxy) is 2. The zero-order chi connectivity index (χ0) is 20.4. The van der Waals surface area contributed by atoms with Crippen LogP contribution in [-0.2, 0) is 9.47 Å². The van der Waals surface area contributed by atoms with Crippen molar-refractivity contribution in [3.63, 3.8) is 0 Å². The maximum atomic E-state index is 5.81. The van der Waals surface area contributed by atoms with E-state index in [-0.39, 0.29) is 29.6 Å². The summed E-state index contributed by atoms with van der Waals surface area (Å²) in [5, 5.41) is 6.91. The van der Waals surface area contributed by atoms with E-state index < -0.39 is 0 Å². The molecule has 0 unspecified atom stereocenters. The number of methoxy groups -OCH3 is 1. The van der Waals surface area contributed by atoms with Gasteiger partial charge in [0.05, 0.1) is 5.60 Å². The van der Waals surface area contributed by atoms with Gasteiger partial charge in [0, 0.05) is 59.2 Å². The highest BCUT2D eigenvalue weighted by Crippen LogP contribution is 2.27. The standard InChI is InChI=1S/C24H33N3O2.HI/c1-25-23(27-19-24(28-2)14-17-29-18-15-24)26-16-13-22(20-9-5-3-6-10-20)21-11-7-4-8-12-21;/h3-12,22H,13-19H2,1-2H3,(H2,25,26,27);1H. The van der Waals surface area contributed by atoms with Crippen LogP contribution in [-0.4, -0.2) is 52.0 Å². The summed E-state index contributed by atoms with van der Waals surface area (Å²) in [5.41, 5.74) is 2.50. The van der Waals surface area contributed by atoms with E-state index >= 15 is 0 Å². The summed E-state index contributed by atoms with van der Waals surface area (Å²) in [5.74, 6) is 1.16. The van der Waals surface area contributed by atoms with Gasteiger partial charge in [-0.25, -0.2) is 0 Å². The zero-order valence-electron chi connectivity index (χ0n) is 18.0. The molecule has 0 spiro atoms. The molecule has 1 aliphatic rings. The van der Waals surface area contributed by atoms with Gasteiger partial charge in [-0.05, 0) is 17.5 Å². The van der Waals surface area contributed by atoms with Gasteiger partial charge in [0.2, 0.25) is 0 Å². The van der Waals surface area contributed by atoms with Crippen LogP contribution in [0.25, 0.3) is 0 Å². The van der Waals surface area contributed by atoms with Crippen LogP contribution >= 0.6 is 24.0 Å². The number of benzene rings is 2. The highest BCUT2D eigenvalue weighted by molar-refractivity contribution is 14.0. The second-order valence-electron chi connectivity index (χ2n) is 7.51. The van der Waals surface area contributed by atoms with Gasteiger partial charge in [-0.3, -0.25) is 4.99 Å². The van der Waals surface area contributed by atoms with Crippen LogP contribution in [0.5, 0.6) is 0 Å². The molecule has 0 aromatic heterocycles. The summed E-state index contributed by atoms with van der Waals surface area (Å²) in [6.45, 7) is 3.05. The van der Waals surface area contributed by atoms with Crippen molar-refractivity contribution >= 4 is 29.9 Å². The van der Waals surface area contributed by atoms with Crippen molar-refractivity contribution in [3.8, 4) is 0 Å². The second-order valence-corrected chi connectivity index (χ2v) is 7.51. The Bertz CT molecular complexity index is 710. The Morgan fingerprint density at radius 1 is 1.00 bits per heavy atom. The number of hydrogen-bond donors (Lipinski definition) is 2. The first-order valence-corrected chi connectivity index (χ1v) is 10.4. The normalized spacial score (nSPS) is 16.0. The molecule has 1 fully saturated rings. The van der Waals surface area contributed by atoms with Gasteiger partial charge in [-0.1, -0.05) is 60.7 Å². The molecule has 0 atom stereocenters. The monoisotopic (exact) mass is 523 g/mol. The van der Waals surface area contributed by atoms with Gasteiger partial charge in [0.25, 0.3) is 0 Å².